The predicted molar refractivity (Wildman–Crippen MR) is 73.5 cm³/mol. The molecule has 1 aliphatic heterocycles. The van der Waals surface area contributed by atoms with Gasteiger partial charge in [-0.3, -0.25) is 4.79 Å². The number of hydrogen-bond donors (Lipinski definition) is 1. The monoisotopic (exact) mass is 266 g/mol. The standard InChI is InChI=1S/C11H22N2OS.ClH/c1-12-8-10-5-6-13(9-10)11(14)4-3-7-15-2;/h10,12H,3-9H2,1-2H3;1H. The molecule has 96 valence electrons. The van der Waals surface area contributed by atoms with Crippen LogP contribution in [0.25, 0.3) is 0 Å². The second-order valence-electron chi connectivity index (χ2n) is 4.15. The van der Waals surface area contributed by atoms with Gasteiger partial charge in [-0.1, -0.05) is 0 Å². The van der Waals surface area contributed by atoms with Crippen molar-refractivity contribution in [2.45, 2.75) is 19.3 Å². The summed E-state index contributed by atoms with van der Waals surface area (Å²) in [6.45, 7) is 2.96. The Kier molecular flexibility index (Phi) is 9.18. The third kappa shape index (κ3) is 5.41. The number of carbonyl (C=O) groups is 1. The summed E-state index contributed by atoms with van der Waals surface area (Å²) in [7, 11) is 1.98. The highest BCUT2D eigenvalue weighted by molar-refractivity contribution is 7.98. The minimum atomic E-state index is 0. The number of rotatable bonds is 6. The van der Waals surface area contributed by atoms with Gasteiger partial charge >= 0.3 is 0 Å². The summed E-state index contributed by atoms with van der Waals surface area (Å²) in [6.07, 6.45) is 5.00. The Hall–Kier alpha value is 0.0700. The summed E-state index contributed by atoms with van der Waals surface area (Å²) >= 11 is 1.81. The molecule has 3 nitrogen and oxygen atoms in total. The molecule has 1 atom stereocenters. The summed E-state index contributed by atoms with van der Waals surface area (Å²) in [5, 5.41) is 3.18. The van der Waals surface area contributed by atoms with E-state index in [1.807, 2.05) is 23.7 Å². The summed E-state index contributed by atoms with van der Waals surface area (Å²) in [6, 6.07) is 0. The van der Waals surface area contributed by atoms with Crippen LogP contribution < -0.4 is 5.32 Å². The minimum absolute atomic E-state index is 0. The van der Waals surface area contributed by atoms with Gasteiger partial charge in [-0.15, -0.1) is 12.4 Å². The Morgan fingerprint density at radius 1 is 1.56 bits per heavy atom. The van der Waals surface area contributed by atoms with E-state index in [0.717, 1.165) is 44.6 Å². The first-order chi connectivity index (χ1) is 7.27. The molecule has 1 N–H and O–H groups in total. The molecule has 0 saturated carbocycles. The molecular formula is C11H23ClN2OS. The topological polar surface area (TPSA) is 32.3 Å². The molecule has 16 heavy (non-hydrogen) atoms. The molecule has 1 fully saturated rings. The Labute approximate surface area is 109 Å². The average Bonchev–Trinajstić information content (AvgIpc) is 2.67. The maximum atomic E-state index is 11.8. The third-order valence-corrected chi connectivity index (χ3v) is 3.57. The van der Waals surface area contributed by atoms with Crippen molar-refractivity contribution in [1.82, 2.24) is 10.2 Å². The third-order valence-electron chi connectivity index (χ3n) is 2.87. The lowest BCUT2D eigenvalue weighted by Crippen LogP contribution is -2.30. The van der Waals surface area contributed by atoms with Crippen molar-refractivity contribution in [3.05, 3.63) is 0 Å². The van der Waals surface area contributed by atoms with Gasteiger partial charge in [0.1, 0.15) is 0 Å². The van der Waals surface area contributed by atoms with Crippen LogP contribution >= 0.6 is 24.2 Å². The van der Waals surface area contributed by atoms with Crippen molar-refractivity contribution in [3.63, 3.8) is 0 Å². The smallest absolute Gasteiger partial charge is 0.222 e. The van der Waals surface area contributed by atoms with Crippen LogP contribution in [0.15, 0.2) is 0 Å². The first kappa shape index (κ1) is 16.1. The normalized spacial score (nSPS) is 19.6. The second kappa shape index (κ2) is 9.14. The van der Waals surface area contributed by atoms with E-state index < -0.39 is 0 Å². The van der Waals surface area contributed by atoms with Gasteiger partial charge in [0.15, 0.2) is 0 Å². The van der Waals surface area contributed by atoms with Gasteiger partial charge in [0, 0.05) is 19.5 Å². The molecule has 0 aliphatic carbocycles. The largest absolute Gasteiger partial charge is 0.342 e. The van der Waals surface area contributed by atoms with Crippen LogP contribution in [-0.2, 0) is 4.79 Å². The molecule has 5 heteroatoms. The molecule has 1 saturated heterocycles. The number of hydrogen-bond acceptors (Lipinski definition) is 3. The molecule has 0 aromatic rings. The van der Waals surface area contributed by atoms with Gasteiger partial charge < -0.3 is 10.2 Å². The van der Waals surface area contributed by atoms with E-state index in [2.05, 4.69) is 11.6 Å². The van der Waals surface area contributed by atoms with E-state index >= 15 is 0 Å². The fourth-order valence-corrected chi connectivity index (χ4v) is 2.47. The maximum Gasteiger partial charge on any atom is 0.222 e. The highest BCUT2D eigenvalue weighted by Crippen LogP contribution is 2.16. The summed E-state index contributed by atoms with van der Waals surface area (Å²) in [4.78, 5) is 13.8. The summed E-state index contributed by atoms with van der Waals surface area (Å²) in [5.41, 5.74) is 0. The number of likely N-dealkylation sites (tertiary alicyclic amines) is 1. The van der Waals surface area contributed by atoms with Crippen LogP contribution in [0.1, 0.15) is 19.3 Å². The fourth-order valence-electron chi connectivity index (χ4n) is 2.04. The molecule has 0 bridgehead atoms. The quantitative estimate of drug-likeness (QED) is 0.742. The Bertz CT molecular complexity index is 204. The van der Waals surface area contributed by atoms with Gasteiger partial charge in [0.05, 0.1) is 0 Å². The minimum Gasteiger partial charge on any atom is -0.342 e. The number of nitrogens with one attached hydrogen (secondary N) is 1. The van der Waals surface area contributed by atoms with Crippen molar-refractivity contribution in [2.24, 2.45) is 5.92 Å². The van der Waals surface area contributed by atoms with Crippen LogP contribution in [0, 0.1) is 5.92 Å². The van der Waals surface area contributed by atoms with Crippen LogP contribution in [0.5, 0.6) is 0 Å². The molecule has 1 unspecified atom stereocenters. The van der Waals surface area contributed by atoms with E-state index in [1.54, 1.807) is 0 Å². The van der Waals surface area contributed by atoms with Gasteiger partial charge in [-0.25, -0.2) is 0 Å². The zero-order valence-corrected chi connectivity index (χ0v) is 11.8. The molecule has 0 spiro atoms. The first-order valence-corrected chi connectivity index (χ1v) is 7.08. The lowest BCUT2D eigenvalue weighted by Gasteiger charge is -2.16. The zero-order valence-electron chi connectivity index (χ0n) is 10.2. The number of carbonyl (C=O) groups excluding carboxylic acids is 1. The number of halogens is 1. The highest BCUT2D eigenvalue weighted by Gasteiger charge is 2.24. The van der Waals surface area contributed by atoms with E-state index in [9.17, 15) is 4.79 Å². The van der Waals surface area contributed by atoms with Gasteiger partial charge in [-0.2, -0.15) is 11.8 Å². The molecule has 0 aromatic carbocycles. The van der Waals surface area contributed by atoms with Crippen molar-refractivity contribution in [3.8, 4) is 0 Å². The van der Waals surface area contributed by atoms with Gasteiger partial charge in [0.2, 0.25) is 5.91 Å². The summed E-state index contributed by atoms with van der Waals surface area (Å²) in [5.74, 6) is 2.11. The van der Waals surface area contributed by atoms with Crippen molar-refractivity contribution in [1.29, 1.82) is 0 Å². The molecule has 1 heterocycles. The number of thioether (sulfide) groups is 1. The Balaban J connectivity index is 0.00000225. The lowest BCUT2D eigenvalue weighted by atomic mass is 10.1. The maximum absolute atomic E-state index is 11.8. The van der Waals surface area contributed by atoms with E-state index in [1.165, 1.54) is 0 Å². The SMILES string of the molecule is CNCC1CCN(C(=O)CCCSC)C1.Cl. The Morgan fingerprint density at radius 3 is 2.94 bits per heavy atom. The molecule has 0 radical (unpaired) electrons. The molecular weight excluding hydrogens is 244 g/mol. The van der Waals surface area contributed by atoms with Gasteiger partial charge in [-0.05, 0) is 44.4 Å². The predicted octanol–water partition coefficient (Wildman–Crippen LogP) is 1.62. The van der Waals surface area contributed by atoms with Crippen LogP contribution in [0.4, 0.5) is 0 Å². The van der Waals surface area contributed by atoms with Crippen molar-refractivity contribution >= 4 is 30.1 Å². The fraction of sp³-hybridized carbons (Fsp3) is 0.909. The van der Waals surface area contributed by atoms with E-state index in [4.69, 9.17) is 0 Å². The molecule has 1 rings (SSSR count). The van der Waals surface area contributed by atoms with Crippen LogP contribution in [0.3, 0.4) is 0 Å². The van der Waals surface area contributed by atoms with Crippen LogP contribution in [-0.4, -0.2) is 49.5 Å². The molecule has 1 aliphatic rings. The highest BCUT2D eigenvalue weighted by atomic mass is 35.5. The second-order valence-corrected chi connectivity index (χ2v) is 5.13. The van der Waals surface area contributed by atoms with E-state index in [0.29, 0.717) is 11.8 Å². The summed E-state index contributed by atoms with van der Waals surface area (Å²) < 4.78 is 0. The number of nitrogens with zero attached hydrogens (tertiary/aromatic N) is 1. The first-order valence-electron chi connectivity index (χ1n) is 5.69. The zero-order chi connectivity index (χ0) is 11.1. The Morgan fingerprint density at radius 2 is 2.31 bits per heavy atom. The van der Waals surface area contributed by atoms with Crippen molar-refractivity contribution in [2.75, 3.05) is 38.7 Å². The number of amides is 1. The van der Waals surface area contributed by atoms with Gasteiger partial charge in [0.25, 0.3) is 0 Å². The lowest BCUT2D eigenvalue weighted by molar-refractivity contribution is -0.130. The van der Waals surface area contributed by atoms with Crippen molar-refractivity contribution < 1.29 is 4.79 Å². The average molecular weight is 267 g/mol. The van der Waals surface area contributed by atoms with Crippen LogP contribution in [0.2, 0.25) is 0 Å². The van der Waals surface area contributed by atoms with E-state index in [-0.39, 0.29) is 12.4 Å². The molecule has 0 aromatic heterocycles. The molecule has 1 amide bonds.